The molecule has 5 nitrogen and oxygen atoms in total. The average Bonchev–Trinajstić information content (AvgIpc) is 2.65. The molecule has 2 rings (SSSR count). The highest BCUT2D eigenvalue weighted by Crippen LogP contribution is 2.19. The number of hydrogen-bond donors (Lipinski definition) is 2. The molecule has 0 aliphatic heterocycles. The molecule has 0 saturated carbocycles. The fourth-order valence-electron chi connectivity index (χ4n) is 1.88. The number of nitrogens with zero attached hydrogens (tertiary/aromatic N) is 3. The van der Waals surface area contributed by atoms with Crippen molar-refractivity contribution in [3.63, 3.8) is 0 Å². The highest BCUT2D eigenvalue weighted by Gasteiger charge is 2.13. The van der Waals surface area contributed by atoms with E-state index in [1.807, 2.05) is 43.7 Å². The number of nitrogens with two attached hydrogens (primary N) is 1. The average molecular weight is 244 g/mol. The van der Waals surface area contributed by atoms with Gasteiger partial charge < -0.3 is 10.9 Å². The largest absolute Gasteiger partial charge is 0.409 e. The van der Waals surface area contributed by atoms with Gasteiger partial charge in [-0.3, -0.25) is 0 Å². The molecule has 0 amide bonds. The molecule has 3 N–H and O–H groups in total. The molecule has 0 unspecified atom stereocenters. The van der Waals surface area contributed by atoms with Crippen molar-refractivity contribution < 1.29 is 5.21 Å². The van der Waals surface area contributed by atoms with E-state index in [0.29, 0.717) is 5.56 Å². The maximum atomic E-state index is 8.82. The zero-order valence-electron chi connectivity index (χ0n) is 10.7. The quantitative estimate of drug-likeness (QED) is 0.366. The molecular formula is C13H16N4O. The molecule has 0 saturated heterocycles. The number of benzene rings is 1. The van der Waals surface area contributed by atoms with Gasteiger partial charge in [-0.1, -0.05) is 17.3 Å². The highest BCUT2D eigenvalue weighted by molar-refractivity contribution is 6.00. The van der Waals surface area contributed by atoms with E-state index in [1.165, 1.54) is 0 Å². The van der Waals surface area contributed by atoms with E-state index < -0.39 is 0 Å². The predicted molar refractivity (Wildman–Crippen MR) is 70.3 cm³/mol. The fourth-order valence-corrected chi connectivity index (χ4v) is 1.88. The number of aromatic nitrogens is 2. The number of amidine groups is 1. The van der Waals surface area contributed by atoms with Crippen LogP contribution < -0.4 is 5.73 Å². The summed E-state index contributed by atoms with van der Waals surface area (Å²) in [4.78, 5) is 0. The molecule has 5 heteroatoms. The molecule has 1 heterocycles. The molecule has 0 spiro atoms. The van der Waals surface area contributed by atoms with Gasteiger partial charge in [0.2, 0.25) is 0 Å². The monoisotopic (exact) mass is 244 g/mol. The van der Waals surface area contributed by atoms with Crippen molar-refractivity contribution in [2.75, 3.05) is 0 Å². The van der Waals surface area contributed by atoms with Crippen LogP contribution in [-0.2, 0) is 0 Å². The molecule has 0 aliphatic carbocycles. The summed E-state index contributed by atoms with van der Waals surface area (Å²) in [5, 5.41) is 16.4. The van der Waals surface area contributed by atoms with E-state index in [1.54, 1.807) is 6.07 Å². The van der Waals surface area contributed by atoms with E-state index in [-0.39, 0.29) is 5.84 Å². The Balaban J connectivity index is 2.68. The van der Waals surface area contributed by atoms with Crippen LogP contribution >= 0.6 is 0 Å². The van der Waals surface area contributed by atoms with Gasteiger partial charge in [0.25, 0.3) is 0 Å². The first-order valence-electron chi connectivity index (χ1n) is 5.66. The lowest BCUT2D eigenvalue weighted by molar-refractivity contribution is 0.318. The summed E-state index contributed by atoms with van der Waals surface area (Å²) in [7, 11) is 0. The van der Waals surface area contributed by atoms with E-state index in [4.69, 9.17) is 10.9 Å². The van der Waals surface area contributed by atoms with Crippen molar-refractivity contribution in [2.45, 2.75) is 20.8 Å². The third-order valence-electron chi connectivity index (χ3n) is 3.17. The topological polar surface area (TPSA) is 76.4 Å². The number of hydrogen-bond acceptors (Lipinski definition) is 3. The first kappa shape index (κ1) is 12.2. The van der Waals surface area contributed by atoms with Gasteiger partial charge >= 0.3 is 0 Å². The van der Waals surface area contributed by atoms with Gasteiger partial charge in [-0.2, -0.15) is 5.10 Å². The van der Waals surface area contributed by atoms with Crippen LogP contribution in [0.1, 0.15) is 22.5 Å². The Labute approximate surface area is 106 Å². The van der Waals surface area contributed by atoms with Gasteiger partial charge in [-0.25, -0.2) is 4.68 Å². The van der Waals surface area contributed by atoms with Crippen LogP contribution in [0.4, 0.5) is 0 Å². The fraction of sp³-hybridized carbons (Fsp3) is 0.231. The second-order valence-corrected chi connectivity index (χ2v) is 4.21. The lowest BCUT2D eigenvalue weighted by Crippen LogP contribution is -2.17. The molecule has 0 atom stereocenters. The zero-order chi connectivity index (χ0) is 13.3. The number of oxime groups is 1. The maximum Gasteiger partial charge on any atom is 0.172 e. The van der Waals surface area contributed by atoms with Crippen molar-refractivity contribution >= 4 is 5.84 Å². The zero-order valence-corrected chi connectivity index (χ0v) is 10.7. The van der Waals surface area contributed by atoms with Crippen LogP contribution in [0.3, 0.4) is 0 Å². The summed E-state index contributed by atoms with van der Waals surface area (Å²) in [6.45, 7) is 5.99. The smallest absolute Gasteiger partial charge is 0.172 e. The maximum absolute atomic E-state index is 8.82. The Morgan fingerprint density at radius 1 is 1.28 bits per heavy atom. The minimum atomic E-state index is 0.0795. The van der Waals surface area contributed by atoms with Gasteiger partial charge in [-0.15, -0.1) is 0 Å². The van der Waals surface area contributed by atoms with Crippen LogP contribution in [-0.4, -0.2) is 20.8 Å². The van der Waals surface area contributed by atoms with Crippen molar-refractivity contribution in [3.05, 3.63) is 46.8 Å². The van der Waals surface area contributed by atoms with Crippen LogP contribution in [0, 0.1) is 20.8 Å². The molecule has 1 aromatic heterocycles. The molecule has 18 heavy (non-hydrogen) atoms. The van der Waals surface area contributed by atoms with Crippen LogP contribution in [0.5, 0.6) is 0 Å². The number of aryl methyl sites for hydroxylation is 1. The van der Waals surface area contributed by atoms with E-state index in [9.17, 15) is 0 Å². The van der Waals surface area contributed by atoms with Crippen molar-refractivity contribution in [2.24, 2.45) is 10.9 Å². The van der Waals surface area contributed by atoms with Crippen molar-refractivity contribution in [1.82, 2.24) is 9.78 Å². The van der Waals surface area contributed by atoms with Gasteiger partial charge in [0, 0.05) is 11.3 Å². The number of rotatable bonds is 2. The Bertz CT molecular complexity index is 613. The second kappa shape index (κ2) is 4.52. The molecular weight excluding hydrogens is 228 g/mol. The summed E-state index contributed by atoms with van der Waals surface area (Å²) >= 11 is 0. The lowest BCUT2D eigenvalue weighted by atomic mass is 10.1. The van der Waals surface area contributed by atoms with Gasteiger partial charge in [-0.05, 0) is 38.5 Å². The summed E-state index contributed by atoms with van der Waals surface area (Å²) in [5.74, 6) is 0.0795. The Kier molecular flexibility index (Phi) is 3.06. The van der Waals surface area contributed by atoms with E-state index in [0.717, 1.165) is 22.6 Å². The molecule has 1 aromatic carbocycles. The van der Waals surface area contributed by atoms with Crippen LogP contribution in [0.25, 0.3) is 5.69 Å². The van der Waals surface area contributed by atoms with Gasteiger partial charge in [0.05, 0.1) is 11.4 Å². The van der Waals surface area contributed by atoms with E-state index >= 15 is 0 Å². The first-order valence-corrected chi connectivity index (χ1v) is 5.66. The van der Waals surface area contributed by atoms with Crippen LogP contribution in [0.2, 0.25) is 0 Å². The Morgan fingerprint density at radius 2 is 1.94 bits per heavy atom. The second-order valence-electron chi connectivity index (χ2n) is 4.21. The third kappa shape index (κ3) is 1.84. The molecule has 2 aromatic rings. The van der Waals surface area contributed by atoms with Crippen LogP contribution in [0.15, 0.2) is 29.4 Å². The minimum Gasteiger partial charge on any atom is -0.409 e. The van der Waals surface area contributed by atoms with Gasteiger partial charge in [0.15, 0.2) is 5.84 Å². The first-order chi connectivity index (χ1) is 8.56. The summed E-state index contributed by atoms with van der Waals surface area (Å²) < 4.78 is 1.82. The summed E-state index contributed by atoms with van der Waals surface area (Å²) in [6.07, 6.45) is 0. The third-order valence-corrected chi connectivity index (χ3v) is 3.17. The molecule has 0 radical (unpaired) electrons. The summed E-state index contributed by atoms with van der Waals surface area (Å²) in [5.41, 5.74) is 10.3. The Morgan fingerprint density at radius 3 is 2.50 bits per heavy atom. The van der Waals surface area contributed by atoms with Crippen molar-refractivity contribution in [3.8, 4) is 5.69 Å². The highest BCUT2D eigenvalue weighted by atomic mass is 16.4. The standard InChI is InChI=1S/C13H16N4O/c1-8-9(2)15-17(10(8)3)12-7-5-4-6-11(12)13(14)16-18/h4-7,18H,1-3H3,(H2,14,16). The molecule has 94 valence electrons. The van der Waals surface area contributed by atoms with Gasteiger partial charge in [0.1, 0.15) is 0 Å². The molecule has 0 fully saturated rings. The Hall–Kier alpha value is -2.30. The minimum absolute atomic E-state index is 0.0795. The normalized spacial score (nSPS) is 11.8. The number of para-hydroxylation sites is 1. The predicted octanol–water partition coefficient (Wildman–Crippen LogP) is 1.89. The molecule has 0 bridgehead atoms. The summed E-state index contributed by atoms with van der Waals surface area (Å²) in [6, 6.07) is 7.44. The van der Waals surface area contributed by atoms with Crippen molar-refractivity contribution in [1.29, 1.82) is 0 Å². The van der Waals surface area contributed by atoms with E-state index in [2.05, 4.69) is 10.3 Å². The molecule has 0 aliphatic rings. The SMILES string of the molecule is Cc1nn(-c2ccccc2/C(N)=N/O)c(C)c1C. The lowest BCUT2D eigenvalue weighted by Gasteiger charge is -2.10.